The fraction of sp³-hybridized carbons (Fsp3) is 0.294. The van der Waals surface area contributed by atoms with Crippen molar-refractivity contribution in [2.45, 2.75) is 31.7 Å². The molecule has 0 bridgehead atoms. The standard InChI is InChI=1S/C17H20FN/c1-17(19,15-10-5-11-16(18)13-15)12-6-9-14-7-3-2-4-8-14/h2-5,7-8,10-11,13H,6,9,12,19H2,1H3. The summed E-state index contributed by atoms with van der Waals surface area (Å²) in [5.41, 5.74) is 8.01. The van der Waals surface area contributed by atoms with E-state index in [1.165, 1.54) is 17.7 Å². The lowest BCUT2D eigenvalue weighted by Crippen LogP contribution is -2.33. The molecule has 2 heteroatoms. The summed E-state index contributed by atoms with van der Waals surface area (Å²) in [4.78, 5) is 0. The Labute approximate surface area is 114 Å². The maximum absolute atomic E-state index is 13.2. The molecule has 0 heterocycles. The third-order valence-electron chi connectivity index (χ3n) is 3.49. The molecule has 2 aromatic carbocycles. The van der Waals surface area contributed by atoms with Crippen LogP contribution in [-0.2, 0) is 12.0 Å². The molecule has 0 aromatic heterocycles. The van der Waals surface area contributed by atoms with Crippen LogP contribution in [0.5, 0.6) is 0 Å². The average Bonchev–Trinajstić information content (AvgIpc) is 2.40. The number of halogens is 1. The van der Waals surface area contributed by atoms with Crippen molar-refractivity contribution < 1.29 is 4.39 Å². The summed E-state index contributed by atoms with van der Waals surface area (Å²) in [6, 6.07) is 16.9. The van der Waals surface area contributed by atoms with Gasteiger partial charge in [-0.2, -0.15) is 0 Å². The SMILES string of the molecule is CC(N)(CCCc1ccccc1)c1cccc(F)c1. The van der Waals surface area contributed by atoms with E-state index in [-0.39, 0.29) is 5.82 Å². The molecule has 2 aromatic rings. The molecule has 0 saturated carbocycles. The summed E-state index contributed by atoms with van der Waals surface area (Å²) in [7, 11) is 0. The lowest BCUT2D eigenvalue weighted by atomic mass is 9.87. The van der Waals surface area contributed by atoms with Gasteiger partial charge >= 0.3 is 0 Å². The van der Waals surface area contributed by atoms with E-state index in [9.17, 15) is 4.39 Å². The molecule has 0 aliphatic heterocycles. The van der Waals surface area contributed by atoms with Gasteiger partial charge in [0.1, 0.15) is 5.82 Å². The summed E-state index contributed by atoms with van der Waals surface area (Å²) in [5, 5.41) is 0. The fourth-order valence-corrected chi connectivity index (χ4v) is 2.29. The molecule has 1 atom stereocenters. The summed E-state index contributed by atoms with van der Waals surface area (Å²) < 4.78 is 13.2. The first-order chi connectivity index (χ1) is 9.08. The molecule has 0 radical (unpaired) electrons. The first-order valence-electron chi connectivity index (χ1n) is 6.67. The summed E-state index contributed by atoms with van der Waals surface area (Å²) >= 11 is 0. The van der Waals surface area contributed by atoms with Crippen LogP contribution in [-0.4, -0.2) is 0 Å². The van der Waals surface area contributed by atoms with Crippen molar-refractivity contribution in [1.82, 2.24) is 0 Å². The van der Waals surface area contributed by atoms with Crippen molar-refractivity contribution in [1.29, 1.82) is 0 Å². The van der Waals surface area contributed by atoms with Gasteiger partial charge in [-0.05, 0) is 49.4 Å². The highest BCUT2D eigenvalue weighted by Crippen LogP contribution is 2.24. The quantitative estimate of drug-likeness (QED) is 0.860. The Bertz CT molecular complexity index is 520. The zero-order valence-corrected chi connectivity index (χ0v) is 11.3. The molecule has 1 nitrogen and oxygen atoms in total. The monoisotopic (exact) mass is 257 g/mol. The van der Waals surface area contributed by atoms with Crippen molar-refractivity contribution in [3.8, 4) is 0 Å². The lowest BCUT2D eigenvalue weighted by Gasteiger charge is -2.25. The third kappa shape index (κ3) is 3.90. The van der Waals surface area contributed by atoms with Crippen molar-refractivity contribution in [2.75, 3.05) is 0 Å². The zero-order valence-electron chi connectivity index (χ0n) is 11.3. The van der Waals surface area contributed by atoms with Gasteiger partial charge in [0.05, 0.1) is 0 Å². The second-order valence-electron chi connectivity index (χ2n) is 5.27. The minimum absolute atomic E-state index is 0.225. The average molecular weight is 257 g/mol. The van der Waals surface area contributed by atoms with Crippen LogP contribution in [0.1, 0.15) is 30.9 Å². The van der Waals surface area contributed by atoms with Crippen LogP contribution >= 0.6 is 0 Å². The van der Waals surface area contributed by atoms with Crippen LogP contribution in [0.4, 0.5) is 4.39 Å². The van der Waals surface area contributed by atoms with Gasteiger partial charge in [-0.25, -0.2) is 4.39 Å². The molecule has 2 N–H and O–H groups in total. The molecule has 0 fully saturated rings. The van der Waals surface area contributed by atoms with Crippen molar-refractivity contribution >= 4 is 0 Å². The number of benzene rings is 2. The van der Waals surface area contributed by atoms with E-state index in [1.807, 2.05) is 31.2 Å². The summed E-state index contributed by atoms with van der Waals surface area (Å²) in [6.45, 7) is 1.97. The van der Waals surface area contributed by atoms with Crippen LogP contribution in [0.2, 0.25) is 0 Å². The molecule has 0 aliphatic rings. The number of aryl methyl sites for hydroxylation is 1. The van der Waals surface area contributed by atoms with Crippen molar-refractivity contribution in [3.05, 3.63) is 71.5 Å². The highest BCUT2D eigenvalue weighted by atomic mass is 19.1. The van der Waals surface area contributed by atoms with E-state index >= 15 is 0 Å². The summed E-state index contributed by atoms with van der Waals surface area (Å²) in [6.07, 6.45) is 2.84. The Hall–Kier alpha value is -1.67. The van der Waals surface area contributed by atoms with Crippen LogP contribution in [0, 0.1) is 5.82 Å². The third-order valence-corrected chi connectivity index (χ3v) is 3.49. The molecule has 19 heavy (non-hydrogen) atoms. The van der Waals surface area contributed by atoms with Crippen LogP contribution < -0.4 is 5.73 Å². The van der Waals surface area contributed by atoms with Gasteiger partial charge < -0.3 is 5.73 Å². The number of hydrogen-bond donors (Lipinski definition) is 1. The van der Waals surface area contributed by atoms with E-state index in [2.05, 4.69) is 12.1 Å². The molecule has 2 rings (SSSR count). The van der Waals surface area contributed by atoms with E-state index in [0.29, 0.717) is 0 Å². The Kier molecular flexibility index (Phi) is 4.33. The molecule has 0 saturated heterocycles. The predicted molar refractivity (Wildman–Crippen MR) is 77.3 cm³/mol. The number of rotatable bonds is 5. The Morgan fingerprint density at radius 1 is 1.05 bits per heavy atom. The second kappa shape index (κ2) is 5.98. The van der Waals surface area contributed by atoms with Gasteiger partial charge in [-0.1, -0.05) is 42.5 Å². The lowest BCUT2D eigenvalue weighted by molar-refractivity contribution is 0.433. The first-order valence-corrected chi connectivity index (χ1v) is 6.67. The van der Waals surface area contributed by atoms with Crippen LogP contribution in [0.15, 0.2) is 54.6 Å². The van der Waals surface area contributed by atoms with Gasteiger partial charge in [-0.15, -0.1) is 0 Å². The first kappa shape index (κ1) is 13.8. The molecule has 0 aliphatic carbocycles. The van der Waals surface area contributed by atoms with Crippen LogP contribution in [0.25, 0.3) is 0 Å². The Balaban J connectivity index is 1.94. The Morgan fingerprint density at radius 2 is 1.79 bits per heavy atom. The van der Waals surface area contributed by atoms with E-state index in [0.717, 1.165) is 24.8 Å². The Morgan fingerprint density at radius 3 is 2.47 bits per heavy atom. The molecule has 1 unspecified atom stereocenters. The number of nitrogens with two attached hydrogens (primary N) is 1. The van der Waals surface area contributed by atoms with Crippen molar-refractivity contribution in [3.63, 3.8) is 0 Å². The van der Waals surface area contributed by atoms with Gasteiger partial charge in [0.2, 0.25) is 0 Å². The van der Waals surface area contributed by atoms with E-state index in [1.54, 1.807) is 6.07 Å². The van der Waals surface area contributed by atoms with Gasteiger partial charge in [0.15, 0.2) is 0 Å². The topological polar surface area (TPSA) is 26.0 Å². The van der Waals surface area contributed by atoms with Gasteiger partial charge in [0, 0.05) is 5.54 Å². The normalized spacial score (nSPS) is 14.1. The second-order valence-corrected chi connectivity index (χ2v) is 5.27. The van der Waals surface area contributed by atoms with Gasteiger partial charge in [0.25, 0.3) is 0 Å². The maximum Gasteiger partial charge on any atom is 0.123 e. The smallest absolute Gasteiger partial charge is 0.123 e. The summed E-state index contributed by atoms with van der Waals surface area (Å²) in [5.74, 6) is -0.225. The minimum Gasteiger partial charge on any atom is -0.322 e. The molecule has 0 spiro atoms. The van der Waals surface area contributed by atoms with Gasteiger partial charge in [-0.3, -0.25) is 0 Å². The van der Waals surface area contributed by atoms with E-state index in [4.69, 9.17) is 5.73 Å². The van der Waals surface area contributed by atoms with Crippen LogP contribution in [0.3, 0.4) is 0 Å². The predicted octanol–water partition coefficient (Wildman–Crippen LogP) is 4.02. The molecule has 0 amide bonds. The molecular formula is C17H20FN. The largest absolute Gasteiger partial charge is 0.322 e. The number of hydrogen-bond acceptors (Lipinski definition) is 1. The zero-order chi connectivity index (χ0) is 13.7. The van der Waals surface area contributed by atoms with Crippen molar-refractivity contribution in [2.24, 2.45) is 5.73 Å². The highest BCUT2D eigenvalue weighted by molar-refractivity contribution is 5.24. The molecular weight excluding hydrogens is 237 g/mol. The van der Waals surface area contributed by atoms with E-state index < -0.39 is 5.54 Å². The highest BCUT2D eigenvalue weighted by Gasteiger charge is 2.20. The fourth-order valence-electron chi connectivity index (χ4n) is 2.29. The minimum atomic E-state index is -0.475. The maximum atomic E-state index is 13.2. The molecule has 100 valence electrons.